The average Bonchev–Trinajstić information content (AvgIpc) is 2.65. The van der Waals surface area contributed by atoms with E-state index in [0.29, 0.717) is 23.2 Å². The van der Waals surface area contributed by atoms with Crippen LogP contribution in [0.15, 0.2) is 42.5 Å². The highest BCUT2D eigenvalue weighted by Gasteiger charge is 2.14. The first-order chi connectivity index (χ1) is 12.0. The van der Waals surface area contributed by atoms with E-state index in [-0.39, 0.29) is 18.1 Å². The normalized spacial score (nSPS) is 10.0. The summed E-state index contributed by atoms with van der Waals surface area (Å²) in [5.74, 6) is -0.332. The van der Waals surface area contributed by atoms with Crippen molar-refractivity contribution in [3.8, 4) is 5.75 Å². The Morgan fingerprint density at radius 2 is 1.76 bits per heavy atom. The molecule has 0 aliphatic carbocycles. The standard InChI is InChI=1S/C19H19NO5/c1-20(2)18(22)15-7-4-13(5-8-15)12-25-17-9-6-14(11-21)10-16(17)19(23)24-3/h4-11H,12H2,1-3H3. The van der Waals surface area contributed by atoms with Crippen LogP contribution in [0.2, 0.25) is 0 Å². The van der Waals surface area contributed by atoms with Crippen LogP contribution in [-0.4, -0.2) is 44.3 Å². The molecule has 0 aliphatic heterocycles. The zero-order chi connectivity index (χ0) is 18.4. The third-order valence-corrected chi connectivity index (χ3v) is 3.55. The number of benzene rings is 2. The summed E-state index contributed by atoms with van der Waals surface area (Å²) in [5.41, 5.74) is 1.97. The second-order valence-electron chi connectivity index (χ2n) is 5.55. The number of nitrogens with zero attached hydrogens (tertiary/aromatic N) is 1. The summed E-state index contributed by atoms with van der Waals surface area (Å²) in [5, 5.41) is 0. The molecular formula is C19H19NO5. The molecule has 0 N–H and O–H groups in total. The maximum absolute atomic E-state index is 11.9. The molecule has 0 radical (unpaired) electrons. The molecule has 6 heteroatoms. The number of esters is 1. The Balaban J connectivity index is 2.14. The van der Waals surface area contributed by atoms with E-state index in [2.05, 4.69) is 0 Å². The van der Waals surface area contributed by atoms with E-state index in [1.807, 2.05) is 0 Å². The molecule has 0 spiro atoms. The summed E-state index contributed by atoms with van der Waals surface area (Å²) >= 11 is 0. The molecule has 0 bridgehead atoms. The van der Waals surface area contributed by atoms with Crippen LogP contribution in [0, 0.1) is 0 Å². The topological polar surface area (TPSA) is 72.9 Å². The molecule has 6 nitrogen and oxygen atoms in total. The van der Waals surface area contributed by atoms with Crippen molar-refractivity contribution in [2.45, 2.75) is 6.61 Å². The maximum Gasteiger partial charge on any atom is 0.341 e. The first kappa shape index (κ1) is 18.2. The van der Waals surface area contributed by atoms with Gasteiger partial charge in [0.2, 0.25) is 0 Å². The number of carbonyl (C=O) groups is 3. The minimum atomic E-state index is -0.578. The van der Waals surface area contributed by atoms with Crippen LogP contribution in [-0.2, 0) is 11.3 Å². The van der Waals surface area contributed by atoms with Crippen molar-refractivity contribution in [3.05, 3.63) is 64.7 Å². The smallest absolute Gasteiger partial charge is 0.341 e. The molecule has 0 atom stereocenters. The fourth-order valence-electron chi connectivity index (χ4n) is 2.18. The van der Waals surface area contributed by atoms with Crippen molar-refractivity contribution in [1.82, 2.24) is 4.90 Å². The number of amides is 1. The lowest BCUT2D eigenvalue weighted by Crippen LogP contribution is -2.21. The lowest BCUT2D eigenvalue weighted by Gasteiger charge is -2.12. The monoisotopic (exact) mass is 341 g/mol. The number of methoxy groups -OCH3 is 1. The van der Waals surface area contributed by atoms with Crippen molar-refractivity contribution in [2.24, 2.45) is 0 Å². The molecule has 2 aromatic rings. The van der Waals surface area contributed by atoms with E-state index in [4.69, 9.17) is 9.47 Å². The Kier molecular flexibility index (Phi) is 5.89. The Labute approximate surface area is 146 Å². The summed E-state index contributed by atoms with van der Waals surface area (Å²) in [4.78, 5) is 36.1. The third kappa shape index (κ3) is 4.44. The lowest BCUT2D eigenvalue weighted by molar-refractivity contribution is 0.0595. The van der Waals surface area contributed by atoms with E-state index in [9.17, 15) is 14.4 Å². The minimum absolute atomic E-state index is 0.0788. The number of hydrogen-bond acceptors (Lipinski definition) is 5. The molecule has 1 amide bonds. The first-order valence-electron chi connectivity index (χ1n) is 7.57. The molecule has 0 aromatic heterocycles. The van der Waals surface area contributed by atoms with E-state index in [1.165, 1.54) is 18.1 Å². The highest BCUT2D eigenvalue weighted by Crippen LogP contribution is 2.22. The van der Waals surface area contributed by atoms with Gasteiger partial charge in [-0.15, -0.1) is 0 Å². The van der Waals surface area contributed by atoms with Gasteiger partial charge in [-0.2, -0.15) is 0 Å². The first-order valence-corrected chi connectivity index (χ1v) is 7.57. The Morgan fingerprint density at radius 3 is 2.32 bits per heavy atom. The molecule has 0 saturated heterocycles. The highest BCUT2D eigenvalue weighted by atomic mass is 16.5. The van der Waals surface area contributed by atoms with Gasteiger partial charge in [-0.05, 0) is 35.9 Å². The van der Waals surface area contributed by atoms with Gasteiger partial charge in [-0.1, -0.05) is 12.1 Å². The molecular weight excluding hydrogens is 322 g/mol. The van der Waals surface area contributed by atoms with Crippen molar-refractivity contribution in [2.75, 3.05) is 21.2 Å². The third-order valence-electron chi connectivity index (χ3n) is 3.55. The Hall–Kier alpha value is -3.15. The van der Waals surface area contributed by atoms with Gasteiger partial charge in [0.05, 0.1) is 7.11 Å². The van der Waals surface area contributed by atoms with Crippen molar-refractivity contribution >= 4 is 18.2 Å². The van der Waals surface area contributed by atoms with Gasteiger partial charge in [0.15, 0.2) is 0 Å². The molecule has 0 fully saturated rings. The van der Waals surface area contributed by atoms with Crippen LogP contribution in [0.5, 0.6) is 5.75 Å². The SMILES string of the molecule is COC(=O)c1cc(C=O)ccc1OCc1ccc(C(=O)N(C)C)cc1. The predicted octanol–water partition coefficient (Wildman–Crippen LogP) is 2.57. The quantitative estimate of drug-likeness (QED) is 0.596. The summed E-state index contributed by atoms with van der Waals surface area (Å²) in [6, 6.07) is 11.6. The number of carbonyl (C=O) groups excluding carboxylic acids is 3. The molecule has 2 rings (SSSR count). The Bertz CT molecular complexity index is 781. The molecule has 25 heavy (non-hydrogen) atoms. The zero-order valence-electron chi connectivity index (χ0n) is 14.3. The number of ether oxygens (including phenoxy) is 2. The molecule has 130 valence electrons. The molecule has 0 heterocycles. The van der Waals surface area contributed by atoms with Crippen LogP contribution < -0.4 is 4.74 Å². The predicted molar refractivity (Wildman–Crippen MR) is 92.0 cm³/mol. The lowest BCUT2D eigenvalue weighted by atomic mass is 10.1. The highest BCUT2D eigenvalue weighted by molar-refractivity contribution is 5.94. The van der Waals surface area contributed by atoms with Crippen molar-refractivity contribution in [1.29, 1.82) is 0 Å². The Morgan fingerprint density at radius 1 is 1.08 bits per heavy atom. The van der Waals surface area contributed by atoms with E-state index < -0.39 is 5.97 Å². The molecule has 0 saturated carbocycles. The fourth-order valence-corrected chi connectivity index (χ4v) is 2.18. The second-order valence-corrected chi connectivity index (χ2v) is 5.55. The summed E-state index contributed by atoms with van der Waals surface area (Å²) in [6.45, 7) is 0.209. The van der Waals surface area contributed by atoms with Crippen LogP contribution in [0.3, 0.4) is 0 Å². The second kappa shape index (κ2) is 8.10. The van der Waals surface area contributed by atoms with E-state index in [1.54, 1.807) is 50.5 Å². The summed E-state index contributed by atoms with van der Waals surface area (Å²) in [7, 11) is 4.65. The number of hydrogen-bond donors (Lipinski definition) is 0. The van der Waals surface area contributed by atoms with Crippen molar-refractivity contribution < 1.29 is 23.9 Å². The van der Waals surface area contributed by atoms with Crippen LogP contribution >= 0.6 is 0 Å². The number of rotatable bonds is 6. The van der Waals surface area contributed by atoms with Gasteiger partial charge in [0, 0.05) is 25.2 Å². The van der Waals surface area contributed by atoms with Crippen LogP contribution in [0.4, 0.5) is 0 Å². The van der Waals surface area contributed by atoms with E-state index >= 15 is 0 Å². The van der Waals surface area contributed by atoms with Gasteiger partial charge in [-0.25, -0.2) is 4.79 Å². The van der Waals surface area contributed by atoms with E-state index in [0.717, 1.165) is 5.56 Å². The van der Waals surface area contributed by atoms with Crippen molar-refractivity contribution in [3.63, 3.8) is 0 Å². The van der Waals surface area contributed by atoms with Gasteiger partial charge >= 0.3 is 5.97 Å². The minimum Gasteiger partial charge on any atom is -0.488 e. The zero-order valence-corrected chi connectivity index (χ0v) is 14.3. The van der Waals surface area contributed by atoms with Gasteiger partial charge in [0.25, 0.3) is 5.91 Å². The van der Waals surface area contributed by atoms with Gasteiger partial charge in [0.1, 0.15) is 24.2 Å². The van der Waals surface area contributed by atoms with Crippen LogP contribution in [0.1, 0.15) is 36.6 Å². The number of aldehydes is 1. The van der Waals surface area contributed by atoms with Gasteiger partial charge < -0.3 is 14.4 Å². The largest absolute Gasteiger partial charge is 0.488 e. The van der Waals surface area contributed by atoms with Gasteiger partial charge in [-0.3, -0.25) is 9.59 Å². The fraction of sp³-hybridized carbons (Fsp3) is 0.211. The van der Waals surface area contributed by atoms with Crippen LogP contribution in [0.25, 0.3) is 0 Å². The maximum atomic E-state index is 11.9. The molecule has 0 aliphatic rings. The summed E-state index contributed by atoms with van der Waals surface area (Å²) in [6.07, 6.45) is 0.650. The molecule has 0 unspecified atom stereocenters. The summed E-state index contributed by atoms with van der Waals surface area (Å²) < 4.78 is 10.4. The molecule has 2 aromatic carbocycles. The average molecular weight is 341 g/mol.